The second kappa shape index (κ2) is 6.81. The van der Waals surface area contributed by atoms with Crippen molar-refractivity contribution in [3.05, 3.63) is 48.1 Å². The average molecular weight is 417 g/mol. The monoisotopic (exact) mass is 417 g/mol. The molecule has 4 aromatic heterocycles. The molecule has 0 aliphatic carbocycles. The van der Waals surface area contributed by atoms with Crippen LogP contribution in [0.5, 0.6) is 0 Å². The number of nitrogens with zero attached hydrogens (tertiary/aromatic N) is 6. The minimum absolute atomic E-state index is 0.124. The third kappa shape index (κ3) is 3.08. The van der Waals surface area contributed by atoms with Crippen molar-refractivity contribution >= 4 is 22.8 Å². The number of likely N-dealkylation sites (tertiary alicyclic amines) is 1. The molecule has 0 bridgehead atoms. The largest absolute Gasteiger partial charge is 0.382 e. The normalized spacial score (nSPS) is 18.8. The van der Waals surface area contributed by atoms with Crippen molar-refractivity contribution in [3.8, 4) is 22.6 Å². The number of nitrogens with two attached hydrogens (primary N) is 1. The van der Waals surface area contributed by atoms with Gasteiger partial charge in [0.25, 0.3) is 5.91 Å². The van der Waals surface area contributed by atoms with Gasteiger partial charge in [0.1, 0.15) is 17.0 Å². The molecule has 1 atom stereocenters. The summed E-state index contributed by atoms with van der Waals surface area (Å²) in [6, 6.07) is 8.78. The average Bonchev–Trinajstić information content (AvgIpc) is 3.36. The maximum absolute atomic E-state index is 12.3. The van der Waals surface area contributed by atoms with Gasteiger partial charge >= 0.3 is 0 Å². The fourth-order valence-corrected chi connectivity index (χ4v) is 3.72. The highest BCUT2D eigenvalue weighted by atomic mass is 16.5. The van der Waals surface area contributed by atoms with Gasteiger partial charge in [-0.1, -0.05) is 5.16 Å². The van der Waals surface area contributed by atoms with Gasteiger partial charge in [0.15, 0.2) is 11.6 Å². The number of hydrogen-bond donors (Lipinski definition) is 2. The third-order valence-electron chi connectivity index (χ3n) is 5.43. The molecule has 10 heteroatoms. The van der Waals surface area contributed by atoms with Crippen molar-refractivity contribution in [2.45, 2.75) is 18.9 Å². The molecule has 10 nitrogen and oxygen atoms in total. The van der Waals surface area contributed by atoms with Crippen LogP contribution in [-0.4, -0.2) is 54.6 Å². The summed E-state index contributed by atoms with van der Waals surface area (Å²) in [4.78, 5) is 31.3. The Morgan fingerprint density at radius 1 is 1.13 bits per heavy atom. The molecule has 1 saturated heterocycles. The second-order valence-corrected chi connectivity index (χ2v) is 7.56. The van der Waals surface area contributed by atoms with Crippen molar-refractivity contribution in [1.29, 1.82) is 0 Å². The van der Waals surface area contributed by atoms with E-state index in [9.17, 15) is 9.90 Å². The first-order valence-electron chi connectivity index (χ1n) is 9.68. The van der Waals surface area contributed by atoms with Gasteiger partial charge in [0.05, 0.1) is 16.9 Å². The van der Waals surface area contributed by atoms with Crippen LogP contribution in [-0.2, 0) is 10.4 Å². The van der Waals surface area contributed by atoms with Gasteiger partial charge < -0.3 is 20.3 Å². The Bertz CT molecular complexity index is 1340. The molecule has 1 aliphatic heterocycles. The van der Waals surface area contributed by atoms with Crippen LogP contribution in [0, 0.1) is 6.92 Å². The van der Waals surface area contributed by atoms with Gasteiger partial charge in [-0.3, -0.25) is 9.78 Å². The number of aryl methyl sites for hydroxylation is 1. The molecule has 0 saturated carbocycles. The summed E-state index contributed by atoms with van der Waals surface area (Å²) in [6.07, 6.45) is 1.88. The van der Waals surface area contributed by atoms with Crippen LogP contribution in [0.25, 0.3) is 33.7 Å². The molecular weight excluding hydrogens is 398 g/mol. The predicted octanol–water partition coefficient (Wildman–Crippen LogP) is 1.68. The number of carbonyl (C=O) groups is 1. The highest BCUT2D eigenvalue weighted by Gasteiger charge is 2.48. The van der Waals surface area contributed by atoms with E-state index in [0.717, 1.165) is 0 Å². The fourth-order valence-electron chi connectivity index (χ4n) is 3.72. The van der Waals surface area contributed by atoms with Crippen LogP contribution >= 0.6 is 0 Å². The smallest absolute Gasteiger partial charge is 0.262 e. The van der Waals surface area contributed by atoms with E-state index in [-0.39, 0.29) is 12.2 Å². The number of nitrogen functional groups attached to an aromatic ring is 1. The fraction of sp³-hybridized carbons (Fsp3) is 0.238. The molecule has 1 fully saturated rings. The molecule has 0 spiro atoms. The lowest BCUT2D eigenvalue weighted by Crippen LogP contribution is -2.35. The van der Waals surface area contributed by atoms with Crippen LogP contribution in [0.15, 0.2) is 41.1 Å². The molecule has 4 aromatic rings. The van der Waals surface area contributed by atoms with Gasteiger partial charge in [0, 0.05) is 37.8 Å². The Hall–Kier alpha value is -3.92. The van der Waals surface area contributed by atoms with Crippen LogP contribution < -0.4 is 5.73 Å². The number of carbonyl (C=O) groups excluding carboxylic acids is 1. The number of pyridine rings is 2. The number of aliphatic hydroxyl groups is 1. The molecule has 0 radical (unpaired) electrons. The minimum Gasteiger partial charge on any atom is -0.382 e. The lowest BCUT2D eigenvalue weighted by atomic mass is 9.98. The molecule has 156 valence electrons. The van der Waals surface area contributed by atoms with Crippen LogP contribution in [0.2, 0.25) is 0 Å². The molecule has 1 aliphatic rings. The second-order valence-electron chi connectivity index (χ2n) is 7.56. The molecule has 1 unspecified atom stereocenters. The number of likely N-dealkylation sites (N-methyl/N-ethyl adjacent to an activating group) is 1. The van der Waals surface area contributed by atoms with E-state index >= 15 is 0 Å². The Morgan fingerprint density at radius 2 is 1.97 bits per heavy atom. The Balaban J connectivity index is 1.51. The van der Waals surface area contributed by atoms with Crippen molar-refractivity contribution in [2.24, 2.45) is 0 Å². The maximum atomic E-state index is 12.3. The number of hydrogen-bond acceptors (Lipinski definition) is 9. The highest BCUT2D eigenvalue weighted by Crippen LogP contribution is 2.35. The first-order chi connectivity index (χ1) is 14.8. The standard InChI is InChI=1S/C21H19N7O3/c1-11-24-14-4-3-13(26-18(14)19(22)25-11)16-9-12(5-7-23-16)15-10-17(31-27-15)21(30)6-8-28(2)20(21)29/h3-5,7,9-10,30H,6,8H2,1-2H3,(H2,22,24,25). The van der Waals surface area contributed by atoms with Crippen molar-refractivity contribution in [3.63, 3.8) is 0 Å². The van der Waals surface area contributed by atoms with Crippen LogP contribution in [0.1, 0.15) is 18.0 Å². The molecule has 5 rings (SSSR count). The molecule has 1 amide bonds. The SMILES string of the molecule is Cc1nc(N)c2nc(-c3cc(-c4cc(C5(O)CCN(C)C5=O)on4)ccn3)ccc2n1. The molecule has 3 N–H and O–H groups in total. The quantitative estimate of drug-likeness (QED) is 0.508. The zero-order chi connectivity index (χ0) is 21.8. The summed E-state index contributed by atoms with van der Waals surface area (Å²) in [5, 5.41) is 14.8. The first kappa shape index (κ1) is 19.1. The number of fused-ring (bicyclic) bond motifs is 1. The topological polar surface area (TPSA) is 144 Å². The van der Waals surface area contributed by atoms with E-state index in [1.807, 2.05) is 12.1 Å². The highest BCUT2D eigenvalue weighted by molar-refractivity contribution is 5.88. The first-order valence-corrected chi connectivity index (χ1v) is 9.68. The van der Waals surface area contributed by atoms with Crippen molar-refractivity contribution in [1.82, 2.24) is 30.0 Å². The predicted molar refractivity (Wildman–Crippen MR) is 111 cm³/mol. The third-order valence-corrected chi connectivity index (χ3v) is 5.43. The van der Waals surface area contributed by atoms with Gasteiger partial charge in [-0.2, -0.15) is 0 Å². The van der Waals surface area contributed by atoms with Gasteiger partial charge in [0.2, 0.25) is 5.60 Å². The summed E-state index contributed by atoms with van der Waals surface area (Å²) in [5.74, 6) is 0.608. The molecule has 5 heterocycles. The summed E-state index contributed by atoms with van der Waals surface area (Å²) < 4.78 is 5.34. The number of rotatable bonds is 3. The van der Waals surface area contributed by atoms with Gasteiger partial charge in [-0.15, -0.1) is 0 Å². The Kier molecular flexibility index (Phi) is 4.19. The van der Waals surface area contributed by atoms with E-state index < -0.39 is 11.5 Å². The molecule has 31 heavy (non-hydrogen) atoms. The number of anilines is 1. The lowest BCUT2D eigenvalue weighted by Gasteiger charge is -2.16. The summed E-state index contributed by atoms with van der Waals surface area (Å²) in [5.41, 5.74) is 7.87. The van der Waals surface area contributed by atoms with Gasteiger partial charge in [-0.25, -0.2) is 15.0 Å². The van der Waals surface area contributed by atoms with E-state index in [2.05, 4.69) is 25.1 Å². The lowest BCUT2D eigenvalue weighted by molar-refractivity contribution is -0.144. The maximum Gasteiger partial charge on any atom is 0.262 e. The summed E-state index contributed by atoms with van der Waals surface area (Å²) >= 11 is 0. The van der Waals surface area contributed by atoms with Crippen LogP contribution in [0.4, 0.5) is 5.82 Å². The summed E-state index contributed by atoms with van der Waals surface area (Å²) in [7, 11) is 1.64. The van der Waals surface area contributed by atoms with Crippen LogP contribution in [0.3, 0.4) is 0 Å². The molecule has 0 aromatic carbocycles. The Labute approximate surface area is 176 Å². The summed E-state index contributed by atoms with van der Waals surface area (Å²) in [6.45, 7) is 2.22. The van der Waals surface area contributed by atoms with E-state index in [1.165, 1.54) is 4.90 Å². The van der Waals surface area contributed by atoms with Crippen molar-refractivity contribution in [2.75, 3.05) is 19.3 Å². The van der Waals surface area contributed by atoms with Crippen molar-refractivity contribution < 1.29 is 14.4 Å². The number of aromatic nitrogens is 5. The number of amides is 1. The minimum atomic E-state index is -1.69. The van der Waals surface area contributed by atoms with E-state index in [0.29, 0.717) is 51.9 Å². The Morgan fingerprint density at radius 3 is 2.74 bits per heavy atom. The zero-order valence-corrected chi connectivity index (χ0v) is 16.9. The van der Waals surface area contributed by atoms with E-state index in [4.69, 9.17) is 10.3 Å². The zero-order valence-electron chi connectivity index (χ0n) is 16.9. The van der Waals surface area contributed by atoms with E-state index in [1.54, 1.807) is 38.4 Å². The molecular formula is C21H19N7O3. The van der Waals surface area contributed by atoms with Gasteiger partial charge in [-0.05, 0) is 31.2 Å².